The summed E-state index contributed by atoms with van der Waals surface area (Å²) in [6.07, 6.45) is 2.52. The van der Waals surface area contributed by atoms with E-state index in [9.17, 15) is 29.1 Å². The molecule has 47 heavy (non-hydrogen) atoms. The van der Waals surface area contributed by atoms with Gasteiger partial charge in [0.15, 0.2) is 5.82 Å². The molecule has 0 radical (unpaired) electrons. The molecule has 2 amide bonds. The summed E-state index contributed by atoms with van der Waals surface area (Å²) in [5.41, 5.74) is 8.26. The van der Waals surface area contributed by atoms with Gasteiger partial charge in [-0.25, -0.2) is 9.78 Å². The number of hydrogen-bond acceptors (Lipinski definition) is 12. The van der Waals surface area contributed by atoms with Crippen molar-refractivity contribution >= 4 is 29.0 Å². The summed E-state index contributed by atoms with van der Waals surface area (Å²) < 4.78 is 5.88. The zero-order chi connectivity index (χ0) is 32.8. The van der Waals surface area contributed by atoms with Crippen LogP contribution in [0.3, 0.4) is 0 Å². The highest BCUT2D eigenvalue weighted by Gasteiger charge is 2.27. The smallest absolute Gasteiger partial charge is 0.439 e. The van der Waals surface area contributed by atoms with E-state index in [1.54, 1.807) is 18.2 Å². The number of carbonyl (C=O) groups is 2. The maximum Gasteiger partial charge on any atom is 0.439 e. The molecule has 16 heteroatoms. The van der Waals surface area contributed by atoms with Gasteiger partial charge in [0.2, 0.25) is 11.7 Å². The van der Waals surface area contributed by atoms with Crippen molar-refractivity contribution in [3.63, 3.8) is 0 Å². The lowest BCUT2D eigenvalue weighted by Gasteiger charge is -2.15. The largest absolute Gasteiger partial charge is 0.492 e. The monoisotopic (exact) mass is 635 g/mol. The normalized spacial score (nSPS) is 13.9. The molecular weight excluding hydrogens is 610 g/mol. The van der Waals surface area contributed by atoms with Crippen molar-refractivity contribution in [3.8, 4) is 17.3 Å². The highest BCUT2D eigenvalue weighted by molar-refractivity contribution is 5.98. The van der Waals surface area contributed by atoms with E-state index in [2.05, 4.69) is 40.6 Å². The Bertz CT molecular complexity index is 2350. The quantitative estimate of drug-likeness (QED) is 0.122. The van der Waals surface area contributed by atoms with Gasteiger partial charge in [-0.15, -0.1) is 0 Å². The number of nitrogens with two attached hydrogens (primary N) is 1. The third-order valence-corrected chi connectivity index (χ3v) is 7.99. The fraction of sp³-hybridized carbons (Fsp3) is 0.161. The summed E-state index contributed by atoms with van der Waals surface area (Å²) in [6.45, 7) is 0.355. The Balaban J connectivity index is 1.06. The van der Waals surface area contributed by atoms with Gasteiger partial charge in [-0.05, 0) is 47.2 Å². The second-order valence-electron chi connectivity index (χ2n) is 11.0. The van der Waals surface area contributed by atoms with Crippen molar-refractivity contribution in [1.29, 1.82) is 0 Å². The Labute approximate surface area is 263 Å². The highest BCUT2D eigenvalue weighted by Crippen LogP contribution is 2.33. The topological polar surface area (TPSA) is 240 Å². The number of anilines is 2. The van der Waals surface area contributed by atoms with Gasteiger partial charge in [-0.2, -0.15) is 4.98 Å². The first kappa shape index (κ1) is 29.1. The number of nitrogen functional groups attached to an aromatic ring is 1. The van der Waals surface area contributed by atoms with E-state index in [0.29, 0.717) is 24.2 Å². The maximum absolute atomic E-state index is 13.4. The average molecular weight is 636 g/mol. The molecule has 1 aliphatic carbocycles. The summed E-state index contributed by atoms with van der Waals surface area (Å²) in [5, 5.41) is 22.4. The Hall–Kier alpha value is -6.58. The Kier molecular flexibility index (Phi) is 7.07. The molecule has 3 heterocycles. The third kappa shape index (κ3) is 5.47. The molecule has 236 valence electrons. The van der Waals surface area contributed by atoms with Crippen molar-refractivity contribution in [2.24, 2.45) is 0 Å². The number of aromatic nitrogens is 5. The molecule has 0 bridgehead atoms. The summed E-state index contributed by atoms with van der Waals surface area (Å²) in [4.78, 5) is 71.9. The number of aromatic amines is 1. The first-order chi connectivity index (χ1) is 22.6. The van der Waals surface area contributed by atoms with Crippen LogP contribution in [0.1, 0.15) is 55.7 Å². The van der Waals surface area contributed by atoms with Crippen LogP contribution in [0.25, 0.3) is 17.2 Å². The molecular formula is C31H25N9O7. The molecule has 0 saturated heterocycles. The number of imidazole rings is 1. The lowest BCUT2D eigenvalue weighted by molar-refractivity contribution is 0.0931. The van der Waals surface area contributed by atoms with Gasteiger partial charge in [-0.3, -0.25) is 33.1 Å². The van der Waals surface area contributed by atoms with Crippen LogP contribution in [0.2, 0.25) is 0 Å². The van der Waals surface area contributed by atoms with Gasteiger partial charge in [0.05, 0.1) is 12.2 Å². The SMILES string of the molecule is Nc1c(NCc2cccc(CNC(=O)c3cc(C(=O)N[C@H]4CCc5cc(-c6noc(=O)[nH]6)ccc54)nc4nc(O)cn34)c2)c(=O)c1=O. The fourth-order valence-electron chi connectivity index (χ4n) is 5.64. The van der Waals surface area contributed by atoms with E-state index >= 15 is 0 Å². The van der Waals surface area contributed by atoms with Crippen LogP contribution < -0.4 is 38.3 Å². The second-order valence-corrected chi connectivity index (χ2v) is 11.0. The van der Waals surface area contributed by atoms with E-state index in [0.717, 1.165) is 22.3 Å². The van der Waals surface area contributed by atoms with Crippen LogP contribution in [-0.4, -0.2) is 41.4 Å². The van der Waals surface area contributed by atoms with Crippen molar-refractivity contribution < 1.29 is 19.2 Å². The number of hydrogen-bond donors (Lipinski definition) is 6. The number of benzene rings is 2. The molecule has 3 aromatic carbocycles. The van der Waals surface area contributed by atoms with Crippen LogP contribution in [-0.2, 0) is 19.5 Å². The number of nitrogens with one attached hydrogen (secondary N) is 4. The molecule has 0 aliphatic heterocycles. The van der Waals surface area contributed by atoms with Crippen LogP contribution in [0, 0.1) is 0 Å². The third-order valence-electron chi connectivity index (χ3n) is 7.99. The molecule has 16 nitrogen and oxygen atoms in total. The number of carbonyl (C=O) groups excluding carboxylic acids is 2. The molecule has 1 aliphatic rings. The number of fused-ring (bicyclic) bond motifs is 2. The standard InChI is InChI=1S/C31H25N9O7/c32-23-24(26(43)25(23)42)33-11-14-2-1-3-15(8-14)12-34-29(45)21-10-20(36-30-37-22(41)13-40(21)30)28(44)35-19-7-5-16-9-17(4-6-18(16)19)27-38-31(46)47-39-27/h1-4,6,8-10,13,19,33,41H,5,7,11-12,32H2,(H,34,45)(H,35,44)(H,38,39,46)/t19-/m0/s1. The molecule has 6 aromatic rings. The zero-order valence-corrected chi connectivity index (χ0v) is 24.4. The van der Waals surface area contributed by atoms with Crippen LogP contribution in [0.4, 0.5) is 11.4 Å². The van der Waals surface area contributed by atoms with Crippen LogP contribution in [0.5, 0.6) is 5.88 Å². The minimum Gasteiger partial charge on any atom is -0.492 e. The Morgan fingerprint density at radius 2 is 1.83 bits per heavy atom. The minimum atomic E-state index is -0.705. The number of aryl methyl sites for hydroxylation is 1. The van der Waals surface area contributed by atoms with E-state index in [1.165, 1.54) is 16.7 Å². The Morgan fingerprint density at radius 1 is 1.02 bits per heavy atom. The molecule has 0 spiro atoms. The molecule has 0 fully saturated rings. The first-order valence-corrected chi connectivity index (χ1v) is 14.4. The van der Waals surface area contributed by atoms with Gasteiger partial charge in [0, 0.05) is 18.7 Å². The fourth-order valence-corrected chi connectivity index (χ4v) is 5.64. The first-order valence-electron chi connectivity index (χ1n) is 14.4. The van der Waals surface area contributed by atoms with Crippen molar-refractivity contribution in [2.45, 2.75) is 32.0 Å². The lowest BCUT2D eigenvalue weighted by atomic mass is 10.0. The van der Waals surface area contributed by atoms with E-state index in [-0.39, 0.29) is 53.6 Å². The molecule has 0 unspecified atom stereocenters. The van der Waals surface area contributed by atoms with Gasteiger partial charge in [0.1, 0.15) is 22.8 Å². The maximum atomic E-state index is 13.4. The minimum absolute atomic E-state index is 0.0272. The van der Waals surface area contributed by atoms with Crippen LogP contribution >= 0.6 is 0 Å². The number of nitrogens with zero attached hydrogens (tertiary/aromatic N) is 4. The van der Waals surface area contributed by atoms with Crippen molar-refractivity contribution in [1.82, 2.24) is 35.1 Å². The van der Waals surface area contributed by atoms with Crippen molar-refractivity contribution in [2.75, 3.05) is 11.1 Å². The van der Waals surface area contributed by atoms with Gasteiger partial charge < -0.3 is 26.8 Å². The molecule has 1 atom stereocenters. The number of aromatic hydroxyl groups is 1. The molecule has 7 N–H and O–H groups in total. The lowest BCUT2D eigenvalue weighted by Crippen LogP contribution is -2.36. The summed E-state index contributed by atoms with van der Waals surface area (Å²) in [7, 11) is 0. The predicted molar refractivity (Wildman–Crippen MR) is 166 cm³/mol. The Morgan fingerprint density at radius 3 is 2.60 bits per heavy atom. The summed E-state index contributed by atoms with van der Waals surface area (Å²) >= 11 is 0. The highest BCUT2D eigenvalue weighted by atomic mass is 16.5. The van der Waals surface area contributed by atoms with Crippen molar-refractivity contribution in [3.05, 3.63) is 119 Å². The van der Waals surface area contributed by atoms with Gasteiger partial charge >= 0.3 is 5.76 Å². The van der Waals surface area contributed by atoms with E-state index in [1.807, 2.05) is 24.3 Å². The molecule has 0 saturated carbocycles. The number of rotatable bonds is 9. The summed E-state index contributed by atoms with van der Waals surface area (Å²) in [6, 6.07) is 13.7. The van der Waals surface area contributed by atoms with E-state index in [4.69, 9.17) is 5.73 Å². The van der Waals surface area contributed by atoms with Gasteiger partial charge in [-0.1, -0.05) is 41.6 Å². The average Bonchev–Trinajstić information content (AvgIpc) is 3.80. The van der Waals surface area contributed by atoms with Gasteiger partial charge in [0.25, 0.3) is 22.7 Å². The zero-order valence-electron chi connectivity index (χ0n) is 24.4. The number of H-pyrrole nitrogens is 1. The summed E-state index contributed by atoms with van der Waals surface area (Å²) in [5.74, 6) is -1.84. The molecule has 3 aromatic heterocycles. The van der Waals surface area contributed by atoms with E-state index < -0.39 is 28.4 Å². The van der Waals surface area contributed by atoms with Crippen LogP contribution in [0.15, 0.2) is 73.6 Å². The predicted octanol–water partition coefficient (Wildman–Crippen LogP) is 0.916. The second kappa shape index (κ2) is 11.4. The molecule has 7 rings (SSSR count). The number of amides is 2.